The van der Waals surface area contributed by atoms with Crippen LogP contribution in [0.2, 0.25) is 0 Å². The van der Waals surface area contributed by atoms with Gasteiger partial charge in [0.1, 0.15) is 0 Å². The van der Waals surface area contributed by atoms with Crippen LogP contribution in [0.4, 0.5) is 16.2 Å². The second-order valence-electron chi connectivity index (χ2n) is 8.36. The van der Waals surface area contributed by atoms with Gasteiger partial charge in [-0.25, -0.2) is 4.79 Å². The van der Waals surface area contributed by atoms with E-state index in [2.05, 4.69) is 26.9 Å². The minimum absolute atomic E-state index is 0.00822. The number of para-hydroxylation sites is 1. The van der Waals surface area contributed by atoms with Crippen molar-refractivity contribution in [1.29, 1.82) is 0 Å². The number of hydrogen-bond acceptors (Lipinski definition) is 6. The fraction of sp³-hybridized carbons (Fsp3) is 0.192. The van der Waals surface area contributed by atoms with E-state index in [0.717, 1.165) is 11.1 Å². The van der Waals surface area contributed by atoms with Crippen LogP contribution < -0.4 is 10.6 Å². The molecule has 0 aliphatic heterocycles. The summed E-state index contributed by atoms with van der Waals surface area (Å²) in [4.78, 5) is 23.4. The Morgan fingerprint density at radius 2 is 1.81 bits per heavy atom. The van der Waals surface area contributed by atoms with Gasteiger partial charge in [-0.1, -0.05) is 59.8 Å². The first-order chi connectivity index (χ1) is 17.3. The molecule has 36 heavy (non-hydrogen) atoms. The average molecular weight is 503 g/mol. The molecule has 2 amide bonds. The van der Waals surface area contributed by atoms with Gasteiger partial charge in [-0.15, -0.1) is 10.2 Å². The van der Waals surface area contributed by atoms with E-state index in [1.807, 2.05) is 67.8 Å². The van der Waals surface area contributed by atoms with Gasteiger partial charge in [0.15, 0.2) is 11.0 Å². The van der Waals surface area contributed by atoms with Crippen molar-refractivity contribution in [2.75, 3.05) is 5.32 Å². The van der Waals surface area contributed by atoms with Crippen molar-refractivity contribution < 1.29 is 9.72 Å². The number of carbonyl (C=O) groups is 1. The van der Waals surface area contributed by atoms with Gasteiger partial charge in [0, 0.05) is 29.3 Å². The highest BCUT2D eigenvalue weighted by Gasteiger charge is 2.22. The maximum Gasteiger partial charge on any atom is 0.319 e. The number of aryl methyl sites for hydroxylation is 2. The van der Waals surface area contributed by atoms with Crippen molar-refractivity contribution in [2.45, 2.75) is 37.7 Å². The van der Waals surface area contributed by atoms with Crippen LogP contribution in [0.15, 0.2) is 78.0 Å². The molecule has 0 aliphatic carbocycles. The largest absolute Gasteiger partial charge is 0.328 e. The average Bonchev–Trinajstić information content (AvgIpc) is 3.28. The van der Waals surface area contributed by atoms with Crippen LogP contribution in [0.1, 0.15) is 35.5 Å². The lowest BCUT2D eigenvalue weighted by molar-refractivity contribution is -0.384. The molecule has 0 radical (unpaired) electrons. The summed E-state index contributed by atoms with van der Waals surface area (Å²) in [6, 6.07) is 21.1. The third-order valence-electron chi connectivity index (χ3n) is 5.56. The first-order valence-corrected chi connectivity index (χ1v) is 12.3. The lowest BCUT2D eigenvalue weighted by atomic mass is 10.2. The van der Waals surface area contributed by atoms with Crippen molar-refractivity contribution >= 4 is 29.2 Å². The van der Waals surface area contributed by atoms with Gasteiger partial charge in [-0.05, 0) is 50.1 Å². The summed E-state index contributed by atoms with van der Waals surface area (Å²) < 4.78 is 1.82. The number of hydrogen-bond donors (Lipinski definition) is 2. The molecule has 0 saturated carbocycles. The molecule has 0 spiro atoms. The van der Waals surface area contributed by atoms with Crippen molar-refractivity contribution in [3.8, 4) is 5.69 Å². The Kier molecular flexibility index (Phi) is 7.65. The number of carbonyl (C=O) groups excluding carboxylic acids is 1. The highest BCUT2D eigenvalue weighted by Crippen LogP contribution is 2.29. The molecule has 1 aromatic heterocycles. The number of nitrogens with one attached hydrogen (secondary N) is 2. The molecule has 9 nitrogen and oxygen atoms in total. The van der Waals surface area contributed by atoms with E-state index >= 15 is 0 Å². The highest BCUT2D eigenvalue weighted by atomic mass is 32.2. The van der Waals surface area contributed by atoms with Gasteiger partial charge in [0.25, 0.3) is 5.69 Å². The van der Waals surface area contributed by atoms with Gasteiger partial charge in [-0.2, -0.15) is 0 Å². The molecular formula is C26H26N6O3S. The van der Waals surface area contributed by atoms with Crippen LogP contribution in [-0.4, -0.2) is 25.7 Å². The van der Waals surface area contributed by atoms with Gasteiger partial charge in [0.05, 0.1) is 11.0 Å². The van der Waals surface area contributed by atoms with Crippen molar-refractivity contribution in [3.05, 3.63) is 105 Å². The Bertz CT molecular complexity index is 1390. The number of nitro benzene ring substituents is 1. The standard InChI is InChI=1S/C26H26N6O3S/c1-17-7-6-9-20(15-17)16-36-26-30-29-24(31(26)21-11-13-22(14-12-21)32(34)35)19(3)27-25(33)28-23-10-5-4-8-18(23)2/h4-15,19H,16H2,1-3H3,(H2,27,28,33). The smallest absolute Gasteiger partial charge is 0.319 e. The van der Waals surface area contributed by atoms with E-state index in [1.54, 1.807) is 12.1 Å². The summed E-state index contributed by atoms with van der Waals surface area (Å²) in [7, 11) is 0. The number of aromatic nitrogens is 3. The molecule has 184 valence electrons. The van der Waals surface area contributed by atoms with Crippen LogP contribution in [-0.2, 0) is 5.75 Å². The molecule has 10 heteroatoms. The summed E-state index contributed by atoms with van der Waals surface area (Å²) >= 11 is 1.50. The number of nitro groups is 1. The SMILES string of the molecule is Cc1cccc(CSc2nnc(C(C)NC(=O)Nc3ccccc3C)n2-c2ccc([N+](=O)[O-])cc2)c1. The van der Waals surface area contributed by atoms with Crippen molar-refractivity contribution in [2.24, 2.45) is 0 Å². The zero-order chi connectivity index (χ0) is 25.7. The molecule has 4 aromatic rings. The molecule has 0 aliphatic rings. The topological polar surface area (TPSA) is 115 Å². The Labute approximate surface area is 213 Å². The summed E-state index contributed by atoms with van der Waals surface area (Å²) in [5.74, 6) is 1.18. The molecule has 1 atom stereocenters. The Hall–Kier alpha value is -4.18. The quantitative estimate of drug-likeness (QED) is 0.174. The number of rotatable bonds is 8. The number of anilines is 1. The molecule has 1 unspecified atom stereocenters. The molecular weight excluding hydrogens is 476 g/mol. The molecule has 2 N–H and O–H groups in total. The summed E-state index contributed by atoms with van der Waals surface area (Å²) in [6.45, 7) is 5.78. The molecule has 1 heterocycles. The van der Waals surface area contributed by atoms with Gasteiger partial charge >= 0.3 is 6.03 Å². The Morgan fingerprint density at radius 3 is 2.50 bits per heavy atom. The molecule has 3 aromatic carbocycles. The summed E-state index contributed by atoms with van der Waals surface area (Å²) in [5.41, 5.74) is 4.63. The molecule has 0 bridgehead atoms. The number of thioether (sulfide) groups is 1. The second-order valence-corrected chi connectivity index (χ2v) is 9.30. The van der Waals surface area contributed by atoms with Gasteiger partial charge < -0.3 is 10.6 Å². The van der Waals surface area contributed by atoms with E-state index in [4.69, 9.17) is 0 Å². The van der Waals surface area contributed by atoms with Crippen LogP contribution in [0.5, 0.6) is 0 Å². The third kappa shape index (κ3) is 5.89. The molecule has 0 fully saturated rings. The van der Waals surface area contributed by atoms with E-state index in [-0.39, 0.29) is 11.7 Å². The summed E-state index contributed by atoms with van der Waals surface area (Å²) in [5, 5.41) is 26.3. The number of urea groups is 1. The van der Waals surface area contributed by atoms with Crippen molar-refractivity contribution in [3.63, 3.8) is 0 Å². The third-order valence-corrected chi connectivity index (χ3v) is 6.56. The zero-order valence-corrected chi connectivity index (χ0v) is 21.0. The van der Waals surface area contributed by atoms with Crippen LogP contribution >= 0.6 is 11.8 Å². The van der Waals surface area contributed by atoms with E-state index in [9.17, 15) is 14.9 Å². The van der Waals surface area contributed by atoms with E-state index in [1.165, 1.54) is 29.5 Å². The highest BCUT2D eigenvalue weighted by molar-refractivity contribution is 7.98. The lowest BCUT2D eigenvalue weighted by Gasteiger charge is -2.17. The fourth-order valence-corrected chi connectivity index (χ4v) is 4.61. The minimum Gasteiger partial charge on any atom is -0.328 e. The number of non-ortho nitro benzene ring substituents is 1. The lowest BCUT2D eigenvalue weighted by Crippen LogP contribution is -2.32. The maximum absolute atomic E-state index is 12.7. The first kappa shape index (κ1) is 24.9. The maximum atomic E-state index is 12.7. The van der Waals surface area contributed by atoms with Gasteiger partial charge in [0.2, 0.25) is 0 Å². The van der Waals surface area contributed by atoms with Crippen LogP contribution in [0.25, 0.3) is 5.69 Å². The van der Waals surface area contributed by atoms with E-state index in [0.29, 0.717) is 28.1 Å². The molecule has 0 saturated heterocycles. The van der Waals surface area contributed by atoms with Crippen molar-refractivity contribution in [1.82, 2.24) is 20.1 Å². The second kappa shape index (κ2) is 11.0. The number of amides is 2. The normalized spacial score (nSPS) is 11.6. The van der Waals surface area contributed by atoms with Gasteiger partial charge in [-0.3, -0.25) is 14.7 Å². The van der Waals surface area contributed by atoms with E-state index < -0.39 is 11.0 Å². The monoisotopic (exact) mass is 502 g/mol. The van der Waals surface area contributed by atoms with Crippen LogP contribution in [0, 0.1) is 24.0 Å². The Balaban J connectivity index is 1.60. The minimum atomic E-state index is -0.495. The number of benzene rings is 3. The molecule has 4 rings (SSSR count). The summed E-state index contributed by atoms with van der Waals surface area (Å²) in [6.07, 6.45) is 0. The zero-order valence-electron chi connectivity index (χ0n) is 20.1. The van der Waals surface area contributed by atoms with Crippen LogP contribution in [0.3, 0.4) is 0 Å². The fourth-order valence-electron chi connectivity index (χ4n) is 3.70. The number of nitrogens with zero attached hydrogens (tertiary/aromatic N) is 4. The first-order valence-electron chi connectivity index (χ1n) is 11.3. The Morgan fingerprint density at radius 1 is 1.06 bits per heavy atom. The predicted octanol–water partition coefficient (Wildman–Crippen LogP) is 5.97. The predicted molar refractivity (Wildman–Crippen MR) is 141 cm³/mol.